The molecule has 1 N–H and O–H groups in total. The molecule has 2 aromatic carbocycles. The second kappa shape index (κ2) is 10.5. The average molecular weight is 464 g/mol. The van der Waals surface area contributed by atoms with Crippen LogP contribution in [0.4, 0.5) is 11.4 Å². The molecule has 0 aromatic heterocycles. The molecule has 1 amide bonds. The number of para-hydroxylation sites is 1. The number of nitrogens with zero attached hydrogens (tertiary/aromatic N) is 2. The molecule has 31 heavy (non-hydrogen) atoms. The summed E-state index contributed by atoms with van der Waals surface area (Å²) in [5, 5.41) is 3.53. The van der Waals surface area contributed by atoms with Crippen molar-refractivity contribution in [1.29, 1.82) is 0 Å². The van der Waals surface area contributed by atoms with E-state index in [0.29, 0.717) is 48.2 Å². The fourth-order valence-electron chi connectivity index (χ4n) is 3.70. The van der Waals surface area contributed by atoms with Crippen LogP contribution in [0.5, 0.6) is 0 Å². The number of hydrogen-bond donors (Lipinski definition) is 1. The first-order chi connectivity index (χ1) is 14.8. The third kappa shape index (κ3) is 5.79. The molecule has 3 rings (SSSR count). The van der Waals surface area contributed by atoms with Gasteiger partial charge in [-0.15, -0.1) is 0 Å². The predicted octanol–water partition coefficient (Wildman–Crippen LogP) is 4.68. The molecule has 0 unspecified atom stereocenters. The highest BCUT2D eigenvalue weighted by molar-refractivity contribution is 7.89. The lowest BCUT2D eigenvalue weighted by atomic mass is 10.2. The molecular formula is C23H30ClN3O3S. The highest BCUT2D eigenvalue weighted by Crippen LogP contribution is 2.35. The zero-order chi connectivity index (χ0) is 22.4. The summed E-state index contributed by atoms with van der Waals surface area (Å²) in [6.45, 7) is 5.72. The molecule has 1 saturated heterocycles. The third-order valence-corrected chi connectivity index (χ3v) is 7.70. The van der Waals surface area contributed by atoms with Gasteiger partial charge in [0.25, 0.3) is 0 Å². The lowest BCUT2D eigenvalue weighted by Gasteiger charge is -2.36. The Morgan fingerprint density at radius 3 is 2.35 bits per heavy atom. The lowest BCUT2D eigenvalue weighted by Crippen LogP contribution is -2.49. The minimum absolute atomic E-state index is 0.0300. The molecule has 0 spiro atoms. The zero-order valence-electron chi connectivity index (χ0n) is 18.1. The Labute approximate surface area is 190 Å². The number of rotatable bonds is 8. The van der Waals surface area contributed by atoms with Crippen LogP contribution in [0.15, 0.2) is 47.4 Å². The first-order valence-electron chi connectivity index (χ1n) is 10.7. The van der Waals surface area contributed by atoms with Crippen LogP contribution < -0.4 is 10.2 Å². The van der Waals surface area contributed by atoms with E-state index >= 15 is 0 Å². The number of unbranched alkanes of at least 4 members (excludes halogenated alkanes) is 2. The Balaban J connectivity index is 1.70. The SMILES string of the molecule is CCCCCC(=O)Nc1cccc(Cl)c1N1CCN(S(=O)(=O)c2ccc(C)cc2)CC1. The van der Waals surface area contributed by atoms with Gasteiger partial charge in [-0.05, 0) is 37.6 Å². The standard InChI is InChI=1S/C23H30ClN3O3S/c1-3-4-5-9-22(28)25-21-8-6-7-20(24)23(21)26-14-16-27(17-15-26)31(29,30)19-12-10-18(2)11-13-19/h6-8,10-13H,3-5,9,14-17H2,1-2H3,(H,25,28). The van der Waals surface area contributed by atoms with Crippen molar-refractivity contribution in [2.45, 2.75) is 44.4 Å². The number of benzene rings is 2. The van der Waals surface area contributed by atoms with Crippen LogP contribution in [-0.4, -0.2) is 44.8 Å². The van der Waals surface area contributed by atoms with Gasteiger partial charge in [0.05, 0.1) is 21.3 Å². The van der Waals surface area contributed by atoms with Gasteiger partial charge >= 0.3 is 0 Å². The maximum Gasteiger partial charge on any atom is 0.243 e. The van der Waals surface area contributed by atoms with Gasteiger partial charge in [0.15, 0.2) is 0 Å². The minimum Gasteiger partial charge on any atom is -0.366 e. The molecule has 0 saturated carbocycles. The van der Waals surface area contributed by atoms with E-state index in [0.717, 1.165) is 30.5 Å². The normalized spacial score (nSPS) is 15.1. The highest BCUT2D eigenvalue weighted by Gasteiger charge is 2.30. The van der Waals surface area contributed by atoms with Crippen LogP contribution in [0.1, 0.15) is 38.2 Å². The number of hydrogen-bond acceptors (Lipinski definition) is 4. The lowest BCUT2D eigenvalue weighted by molar-refractivity contribution is -0.116. The Morgan fingerprint density at radius 2 is 1.71 bits per heavy atom. The zero-order valence-corrected chi connectivity index (χ0v) is 19.7. The highest BCUT2D eigenvalue weighted by atomic mass is 35.5. The van der Waals surface area contributed by atoms with E-state index in [-0.39, 0.29) is 5.91 Å². The van der Waals surface area contributed by atoms with Gasteiger partial charge < -0.3 is 10.2 Å². The molecule has 1 heterocycles. The van der Waals surface area contributed by atoms with Crippen LogP contribution >= 0.6 is 11.6 Å². The first-order valence-corrected chi connectivity index (χ1v) is 12.5. The minimum atomic E-state index is -3.53. The van der Waals surface area contributed by atoms with E-state index in [1.54, 1.807) is 18.2 Å². The van der Waals surface area contributed by atoms with Gasteiger partial charge in [0.2, 0.25) is 15.9 Å². The molecular weight excluding hydrogens is 434 g/mol. The van der Waals surface area contributed by atoms with Gasteiger partial charge in [0, 0.05) is 32.6 Å². The summed E-state index contributed by atoms with van der Waals surface area (Å²) in [7, 11) is -3.53. The summed E-state index contributed by atoms with van der Waals surface area (Å²) in [6, 6.07) is 12.4. The number of sulfonamides is 1. The number of carbonyl (C=O) groups excluding carboxylic acids is 1. The maximum atomic E-state index is 13.0. The molecule has 1 fully saturated rings. The molecule has 0 radical (unpaired) electrons. The van der Waals surface area contributed by atoms with Crippen molar-refractivity contribution in [2.24, 2.45) is 0 Å². The third-order valence-electron chi connectivity index (χ3n) is 5.48. The number of nitrogens with one attached hydrogen (secondary N) is 1. The Morgan fingerprint density at radius 1 is 1.03 bits per heavy atom. The summed E-state index contributed by atoms with van der Waals surface area (Å²) in [5.41, 5.74) is 2.44. The fourth-order valence-corrected chi connectivity index (χ4v) is 5.41. The van der Waals surface area contributed by atoms with Gasteiger partial charge in [-0.25, -0.2) is 8.42 Å². The van der Waals surface area contributed by atoms with Crippen LogP contribution in [0.25, 0.3) is 0 Å². The topological polar surface area (TPSA) is 69.7 Å². The van der Waals surface area contributed by atoms with Crippen LogP contribution in [0.2, 0.25) is 5.02 Å². The van der Waals surface area contributed by atoms with Crippen molar-refractivity contribution in [3.63, 3.8) is 0 Å². The fraction of sp³-hybridized carbons (Fsp3) is 0.435. The summed E-state index contributed by atoms with van der Waals surface area (Å²) >= 11 is 6.49. The molecule has 2 aromatic rings. The second-order valence-electron chi connectivity index (χ2n) is 7.85. The second-order valence-corrected chi connectivity index (χ2v) is 10.2. The maximum absolute atomic E-state index is 13.0. The van der Waals surface area contributed by atoms with Crippen LogP contribution in [-0.2, 0) is 14.8 Å². The largest absolute Gasteiger partial charge is 0.366 e. The Kier molecular flexibility index (Phi) is 7.97. The number of aryl methyl sites for hydroxylation is 1. The number of halogens is 1. The summed E-state index contributed by atoms with van der Waals surface area (Å²) < 4.78 is 27.4. The predicted molar refractivity (Wildman–Crippen MR) is 126 cm³/mol. The van der Waals surface area contributed by atoms with Gasteiger partial charge in [-0.3, -0.25) is 4.79 Å². The molecule has 0 atom stereocenters. The van der Waals surface area contributed by atoms with Crippen molar-refractivity contribution < 1.29 is 13.2 Å². The summed E-state index contributed by atoms with van der Waals surface area (Å²) in [4.78, 5) is 14.7. The van der Waals surface area contributed by atoms with Crippen molar-refractivity contribution in [1.82, 2.24) is 4.31 Å². The molecule has 8 heteroatoms. The molecule has 0 bridgehead atoms. The van der Waals surface area contributed by atoms with Crippen molar-refractivity contribution in [3.05, 3.63) is 53.1 Å². The van der Waals surface area contributed by atoms with Crippen LogP contribution in [0, 0.1) is 6.92 Å². The number of anilines is 2. The number of amides is 1. The molecule has 1 aliphatic heterocycles. The summed E-state index contributed by atoms with van der Waals surface area (Å²) in [6.07, 6.45) is 3.41. The van der Waals surface area contributed by atoms with Crippen LogP contribution in [0.3, 0.4) is 0 Å². The average Bonchev–Trinajstić information content (AvgIpc) is 2.74. The van der Waals surface area contributed by atoms with Crippen molar-refractivity contribution >= 4 is 38.9 Å². The van der Waals surface area contributed by atoms with E-state index in [1.165, 1.54) is 4.31 Å². The van der Waals surface area contributed by atoms with E-state index < -0.39 is 10.0 Å². The van der Waals surface area contributed by atoms with E-state index in [1.807, 2.05) is 36.1 Å². The Bertz CT molecular complexity index is 1000. The first kappa shape index (κ1) is 23.6. The number of piperazine rings is 1. The summed E-state index contributed by atoms with van der Waals surface area (Å²) in [5.74, 6) is -0.0300. The van der Waals surface area contributed by atoms with E-state index in [9.17, 15) is 13.2 Å². The molecule has 168 valence electrons. The quantitative estimate of drug-likeness (QED) is 0.577. The van der Waals surface area contributed by atoms with Gasteiger partial charge in [-0.2, -0.15) is 4.31 Å². The monoisotopic (exact) mass is 463 g/mol. The molecule has 0 aliphatic carbocycles. The van der Waals surface area contributed by atoms with Crippen molar-refractivity contribution in [2.75, 3.05) is 36.4 Å². The molecule has 1 aliphatic rings. The smallest absolute Gasteiger partial charge is 0.243 e. The molecule has 6 nitrogen and oxygen atoms in total. The van der Waals surface area contributed by atoms with Gasteiger partial charge in [0.1, 0.15) is 0 Å². The Hall–Kier alpha value is -2.09. The van der Waals surface area contributed by atoms with Gasteiger partial charge in [-0.1, -0.05) is 55.1 Å². The van der Waals surface area contributed by atoms with E-state index in [4.69, 9.17) is 11.6 Å². The van der Waals surface area contributed by atoms with Crippen molar-refractivity contribution in [3.8, 4) is 0 Å². The number of carbonyl (C=O) groups is 1. The van der Waals surface area contributed by atoms with E-state index in [2.05, 4.69) is 12.2 Å².